The minimum absolute atomic E-state index is 0.432. The van der Waals surface area contributed by atoms with Crippen LogP contribution in [-0.4, -0.2) is 27.6 Å². The second-order valence-electron chi connectivity index (χ2n) is 1.90. The Kier molecular flexibility index (Phi) is 5.81. The number of hydrogen-bond donors (Lipinski definition) is 0. The zero-order valence-corrected chi connectivity index (χ0v) is 7.81. The van der Waals surface area contributed by atoms with Gasteiger partial charge < -0.3 is 0 Å². The first-order valence-corrected chi connectivity index (χ1v) is 8.50. The standard InChI is InChI=1S/C6H14IN/c1-7(2)5-4-6-8-3/h3-6H2,1-2H3. The van der Waals surface area contributed by atoms with Gasteiger partial charge in [-0.2, -0.15) is 0 Å². The van der Waals surface area contributed by atoms with E-state index in [0.29, 0.717) is 0 Å². The maximum absolute atomic E-state index is 3.78. The monoisotopic (exact) mass is 227 g/mol. The Morgan fingerprint density at radius 1 is 1.50 bits per heavy atom. The average Bonchev–Trinajstić information content (AvgIpc) is 1.66. The summed E-state index contributed by atoms with van der Waals surface area (Å²) in [6.07, 6.45) is 1.27. The Morgan fingerprint density at radius 3 is 2.50 bits per heavy atom. The van der Waals surface area contributed by atoms with Crippen LogP contribution < -0.4 is 0 Å². The molecule has 0 saturated carbocycles. The van der Waals surface area contributed by atoms with E-state index in [0.717, 1.165) is 6.54 Å². The van der Waals surface area contributed by atoms with Gasteiger partial charge in [0.1, 0.15) is 0 Å². The van der Waals surface area contributed by atoms with Gasteiger partial charge in [0, 0.05) is 0 Å². The van der Waals surface area contributed by atoms with Crippen LogP contribution in [0.15, 0.2) is 4.99 Å². The van der Waals surface area contributed by atoms with Gasteiger partial charge in [-0.3, -0.25) is 0 Å². The maximum atomic E-state index is 3.78. The number of nitrogens with zero attached hydrogens (tertiary/aromatic N) is 1. The molecule has 8 heavy (non-hydrogen) atoms. The molecule has 0 N–H and O–H groups in total. The van der Waals surface area contributed by atoms with Crippen LogP contribution in [0.4, 0.5) is 0 Å². The Balaban J connectivity index is 2.81. The van der Waals surface area contributed by atoms with Gasteiger partial charge in [0.25, 0.3) is 0 Å². The van der Waals surface area contributed by atoms with E-state index < -0.39 is 19.8 Å². The van der Waals surface area contributed by atoms with Crippen LogP contribution in [0.2, 0.25) is 0 Å². The molecule has 0 rings (SSSR count). The van der Waals surface area contributed by atoms with Gasteiger partial charge in [-0.15, -0.1) is 0 Å². The van der Waals surface area contributed by atoms with Crippen molar-refractivity contribution in [2.75, 3.05) is 20.8 Å². The Bertz CT molecular complexity index is 61.5. The molecule has 0 atom stereocenters. The van der Waals surface area contributed by atoms with Crippen molar-refractivity contribution < 1.29 is 0 Å². The summed E-state index contributed by atoms with van der Waals surface area (Å²) in [6, 6.07) is 0. The van der Waals surface area contributed by atoms with Crippen molar-refractivity contribution in [1.29, 1.82) is 0 Å². The summed E-state index contributed by atoms with van der Waals surface area (Å²) in [4.78, 5) is 8.55. The van der Waals surface area contributed by atoms with E-state index in [1.165, 1.54) is 10.8 Å². The molecule has 0 bridgehead atoms. The van der Waals surface area contributed by atoms with Crippen LogP contribution in [0.1, 0.15) is 6.42 Å². The first kappa shape index (κ1) is 8.40. The topological polar surface area (TPSA) is 12.4 Å². The zero-order valence-electron chi connectivity index (χ0n) is 5.65. The van der Waals surface area contributed by atoms with Crippen molar-refractivity contribution in [1.82, 2.24) is 0 Å². The second-order valence-corrected chi connectivity index (χ2v) is 8.19. The summed E-state index contributed by atoms with van der Waals surface area (Å²) in [7, 11) is 0. The fourth-order valence-electron chi connectivity index (χ4n) is 0.439. The summed E-state index contributed by atoms with van der Waals surface area (Å²) in [6.45, 7) is 4.39. The SMILES string of the molecule is C=NCCCI(C)C. The molecule has 0 aromatic heterocycles. The Morgan fingerprint density at radius 2 is 2.12 bits per heavy atom. The first-order chi connectivity index (χ1) is 3.77. The van der Waals surface area contributed by atoms with E-state index in [1.807, 2.05) is 0 Å². The van der Waals surface area contributed by atoms with Crippen LogP contribution >= 0.6 is 19.8 Å². The summed E-state index contributed by atoms with van der Waals surface area (Å²) in [5, 5.41) is 0. The van der Waals surface area contributed by atoms with Gasteiger partial charge in [-0.1, -0.05) is 0 Å². The van der Waals surface area contributed by atoms with Crippen LogP contribution in [0.5, 0.6) is 0 Å². The molecular weight excluding hydrogens is 213 g/mol. The molecule has 0 aliphatic heterocycles. The van der Waals surface area contributed by atoms with Crippen molar-refractivity contribution in [3.05, 3.63) is 0 Å². The third-order valence-electron chi connectivity index (χ3n) is 0.828. The Labute approximate surface area is 59.0 Å². The van der Waals surface area contributed by atoms with Gasteiger partial charge in [-0.05, 0) is 0 Å². The normalized spacial score (nSPS) is 11.0. The molecule has 50 valence electrons. The van der Waals surface area contributed by atoms with Gasteiger partial charge in [0.2, 0.25) is 0 Å². The first-order valence-electron chi connectivity index (χ1n) is 2.66. The zero-order chi connectivity index (χ0) is 6.41. The minimum atomic E-state index is -0.432. The van der Waals surface area contributed by atoms with Crippen LogP contribution in [0, 0.1) is 0 Å². The van der Waals surface area contributed by atoms with Gasteiger partial charge in [-0.25, -0.2) is 0 Å². The van der Waals surface area contributed by atoms with E-state index in [9.17, 15) is 0 Å². The van der Waals surface area contributed by atoms with Crippen molar-refractivity contribution in [3.63, 3.8) is 0 Å². The molecular formula is C6H14IN. The van der Waals surface area contributed by atoms with E-state index >= 15 is 0 Å². The van der Waals surface area contributed by atoms with Gasteiger partial charge in [0.15, 0.2) is 0 Å². The molecule has 0 heterocycles. The molecule has 0 aromatic carbocycles. The Hall–Kier alpha value is 0.400. The van der Waals surface area contributed by atoms with E-state index in [-0.39, 0.29) is 0 Å². The molecule has 0 aromatic rings. The molecule has 0 spiro atoms. The number of aliphatic imine (C=N–C) groups is 1. The van der Waals surface area contributed by atoms with Crippen LogP contribution in [0.25, 0.3) is 0 Å². The fraction of sp³-hybridized carbons (Fsp3) is 0.833. The molecule has 0 aliphatic carbocycles. The average molecular weight is 227 g/mol. The fourth-order valence-corrected chi connectivity index (χ4v) is 2.31. The van der Waals surface area contributed by atoms with Crippen LogP contribution in [0.3, 0.4) is 0 Å². The van der Waals surface area contributed by atoms with Crippen molar-refractivity contribution in [2.24, 2.45) is 4.99 Å². The number of hydrogen-bond acceptors (Lipinski definition) is 1. The van der Waals surface area contributed by atoms with E-state index in [1.54, 1.807) is 0 Å². The van der Waals surface area contributed by atoms with E-state index in [4.69, 9.17) is 0 Å². The third-order valence-corrected chi connectivity index (χ3v) is 3.75. The van der Waals surface area contributed by atoms with Gasteiger partial charge >= 0.3 is 58.8 Å². The number of alkyl halides is 3. The molecule has 0 saturated heterocycles. The van der Waals surface area contributed by atoms with E-state index in [2.05, 4.69) is 21.6 Å². The molecule has 0 amide bonds. The number of rotatable bonds is 4. The molecule has 0 aliphatic rings. The molecule has 0 unspecified atom stereocenters. The van der Waals surface area contributed by atoms with Crippen LogP contribution in [-0.2, 0) is 0 Å². The predicted octanol–water partition coefficient (Wildman–Crippen LogP) is 1.84. The molecule has 0 fully saturated rings. The summed E-state index contributed by atoms with van der Waals surface area (Å²) in [5.74, 6) is 0. The van der Waals surface area contributed by atoms with Crippen molar-refractivity contribution in [2.45, 2.75) is 6.42 Å². The second kappa shape index (κ2) is 5.54. The molecule has 1 nitrogen and oxygen atoms in total. The summed E-state index contributed by atoms with van der Waals surface area (Å²) >= 11 is -0.432. The number of halogens is 1. The molecule has 0 radical (unpaired) electrons. The van der Waals surface area contributed by atoms with Gasteiger partial charge in [0.05, 0.1) is 0 Å². The van der Waals surface area contributed by atoms with Crippen molar-refractivity contribution >= 4 is 26.5 Å². The molecule has 2 heteroatoms. The quantitative estimate of drug-likeness (QED) is 0.301. The third kappa shape index (κ3) is 6.40. The summed E-state index contributed by atoms with van der Waals surface area (Å²) < 4.78 is 1.43. The van der Waals surface area contributed by atoms with Crippen molar-refractivity contribution in [3.8, 4) is 0 Å². The predicted molar refractivity (Wildman–Crippen MR) is 49.8 cm³/mol. The summed E-state index contributed by atoms with van der Waals surface area (Å²) in [5.41, 5.74) is 0.